The van der Waals surface area contributed by atoms with Crippen molar-refractivity contribution in [1.29, 1.82) is 0 Å². The number of ether oxygens (including phenoxy) is 1. The molecule has 0 radical (unpaired) electrons. The van der Waals surface area contributed by atoms with Crippen molar-refractivity contribution in [2.24, 2.45) is 5.92 Å². The molecule has 0 amide bonds. The van der Waals surface area contributed by atoms with Crippen LogP contribution in [-0.2, 0) is 11.3 Å². The van der Waals surface area contributed by atoms with E-state index in [0.29, 0.717) is 24.0 Å². The number of aryl methyl sites for hydroxylation is 1. The van der Waals surface area contributed by atoms with Gasteiger partial charge in [0.05, 0.1) is 18.3 Å². The van der Waals surface area contributed by atoms with Gasteiger partial charge in [0, 0.05) is 0 Å². The van der Waals surface area contributed by atoms with Crippen LogP contribution in [0.2, 0.25) is 0 Å². The normalized spacial score (nSPS) is 17.9. The molecule has 40 heavy (non-hydrogen) atoms. The Hall–Kier alpha value is -3.76. The molecule has 1 fully saturated rings. The number of aromatic carboxylic acids is 1. The first-order chi connectivity index (χ1) is 19.4. The first-order valence-corrected chi connectivity index (χ1v) is 14.3. The molecular weight excluding hydrogens is 499 g/mol. The van der Waals surface area contributed by atoms with Gasteiger partial charge in [-0.3, -0.25) is 0 Å². The highest BCUT2D eigenvalue weighted by Crippen LogP contribution is 2.40. The lowest BCUT2D eigenvalue weighted by Crippen LogP contribution is -2.28. The second-order valence-corrected chi connectivity index (χ2v) is 11.0. The highest BCUT2D eigenvalue weighted by Gasteiger charge is 2.29. The van der Waals surface area contributed by atoms with Crippen LogP contribution >= 0.6 is 0 Å². The Morgan fingerprint density at radius 3 is 2.33 bits per heavy atom. The summed E-state index contributed by atoms with van der Waals surface area (Å²) in [4.78, 5) is 11.1. The Balaban J connectivity index is 1.21. The number of carboxylic acids is 1. The van der Waals surface area contributed by atoms with E-state index in [1.54, 1.807) is 6.07 Å². The Morgan fingerprint density at radius 2 is 1.65 bits per heavy atom. The van der Waals surface area contributed by atoms with Crippen molar-refractivity contribution >= 4 is 5.97 Å². The smallest absolute Gasteiger partial charge is 0.338 e. The fourth-order valence-electron chi connectivity index (χ4n) is 6.23. The molecule has 3 nitrogen and oxygen atoms in total. The standard InChI is InChI=1S/C36H37FO3/c1-3-35(31-11-7-10-29(21-31)28-15-13-27(14-16-28)26-8-5-4-6-9-26)40-23-25-12-18-32(24(2)20-25)30-17-19-33(36(38)39)34(37)22-30/h4-6,8-9,12-20,22,29,31,35H,3,7,10-11,21,23H2,1-2H3,(H,38,39). The lowest BCUT2D eigenvalue weighted by Gasteiger charge is -2.34. The molecule has 5 rings (SSSR count). The van der Waals surface area contributed by atoms with Crippen LogP contribution < -0.4 is 0 Å². The molecule has 0 spiro atoms. The summed E-state index contributed by atoms with van der Waals surface area (Å²) < 4.78 is 20.8. The second kappa shape index (κ2) is 12.6. The van der Waals surface area contributed by atoms with E-state index < -0.39 is 11.8 Å². The van der Waals surface area contributed by atoms with E-state index in [4.69, 9.17) is 9.84 Å². The van der Waals surface area contributed by atoms with Gasteiger partial charge in [0.1, 0.15) is 5.82 Å². The SMILES string of the molecule is CCC(OCc1ccc(-c2ccc(C(=O)O)c(F)c2)c(C)c1)C1CCCC(c2ccc(-c3ccccc3)cc2)C1. The zero-order valence-corrected chi connectivity index (χ0v) is 23.3. The van der Waals surface area contributed by atoms with E-state index in [9.17, 15) is 9.18 Å². The number of hydrogen-bond donors (Lipinski definition) is 1. The Labute approximate surface area is 236 Å². The molecule has 4 heteroatoms. The molecule has 0 aliphatic heterocycles. The minimum absolute atomic E-state index is 0.212. The lowest BCUT2D eigenvalue weighted by atomic mass is 9.75. The maximum atomic E-state index is 14.2. The predicted octanol–water partition coefficient (Wildman–Crippen LogP) is 9.44. The number of benzene rings is 4. The van der Waals surface area contributed by atoms with Crippen LogP contribution in [0.15, 0.2) is 91.0 Å². The third-order valence-electron chi connectivity index (χ3n) is 8.40. The Bertz CT molecular complexity index is 1450. The molecule has 206 valence electrons. The maximum absolute atomic E-state index is 14.2. The zero-order valence-electron chi connectivity index (χ0n) is 23.3. The molecule has 0 bridgehead atoms. The van der Waals surface area contributed by atoms with Gasteiger partial charge < -0.3 is 9.84 Å². The molecule has 1 N–H and O–H groups in total. The first-order valence-electron chi connectivity index (χ1n) is 14.3. The third kappa shape index (κ3) is 6.34. The summed E-state index contributed by atoms with van der Waals surface area (Å²) in [6, 6.07) is 30.0. The van der Waals surface area contributed by atoms with Gasteiger partial charge in [-0.15, -0.1) is 0 Å². The van der Waals surface area contributed by atoms with Gasteiger partial charge in [-0.25, -0.2) is 9.18 Å². The highest BCUT2D eigenvalue weighted by atomic mass is 19.1. The summed E-state index contributed by atoms with van der Waals surface area (Å²) in [6.07, 6.45) is 6.00. The predicted molar refractivity (Wildman–Crippen MR) is 159 cm³/mol. The minimum Gasteiger partial charge on any atom is -0.478 e. The average molecular weight is 537 g/mol. The van der Waals surface area contributed by atoms with E-state index >= 15 is 0 Å². The number of carboxylic acid groups (broad SMARTS) is 1. The van der Waals surface area contributed by atoms with Crippen molar-refractivity contribution in [3.05, 3.63) is 119 Å². The zero-order chi connectivity index (χ0) is 28.1. The number of rotatable bonds is 9. The quantitative estimate of drug-likeness (QED) is 0.232. The van der Waals surface area contributed by atoms with Crippen LogP contribution in [-0.4, -0.2) is 17.2 Å². The third-order valence-corrected chi connectivity index (χ3v) is 8.40. The maximum Gasteiger partial charge on any atom is 0.338 e. The van der Waals surface area contributed by atoms with Crippen LogP contribution in [0.5, 0.6) is 0 Å². The summed E-state index contributed by atoms with van der Waals surface area (Å²) in [7, 11) is 0. The summed E-state index contributed by atoms with van der Waals surface area (Å²) in [5.74, 6) is -0.881. The topological polar surface area (TPSA) is 46.5 Å². The van der Waals surface area contributed by atoms with Gasteiger partial charge >= 0.3 is 5.97 Å². The van der Waals surface area contributed by atoms with Crippen LogP contribution in [0.25, 0.3) is 22.3 Å². The van der Waals surface area contributed by atoms with Crippen LogP contribution in [0.1, 0.15) is 72.0 Å². The molecule has 0 heterocycles. The van der Waals surface area contributed by atoms with Crippen molar-refractivity contribution < 1.29 is 19.0 Å². The molecule has 3 unspecified atom stereocenters. The molecule has 0 aromatic heterocycles. The van der Waals surface area contributed by atoms with E-state index in [0.717, 1.165) is 29.5 Å². The summed E-state index contributed by atoms with van der Waals surface area (Å²) >= 11 is 0. The molecule has 1 aliphatic rings. The molecule has 1 aliphatic carbocycles. The largest absolute Gasteiger partial charge is 0.478 e. The van der Waals surface area contributed by atoms with Crippen LogP contribution in [0.4, 0.5) is 4.39 Å². The van der Waals surface area contributed by atoms with E-state index in [2.05, 4.69) is 67.6 Å². The highest BCUT2D eigenvalue weighted by molar-refractivity contribution is 5.88. The van der Waals surface area contributed by atoms with E-state index in [-0.39, 0.29) is 11.7 Å². The minimum atomic E-state index is -1.26. The van der Waals surface area contributed by atoms with Gasteiger partial charge in [-0.2, -0.15) is 0 Å². The lowest BCUT2D eigenvalue weighted by molar-refractivity contribution is -0.0148. The molecule has 4 aromatic carbocycles. The van der Waals surface area contributed by atoms with E-state index in [1.807, 2.05) is 19.1 Å². The fourth-order valence-corrected chi connectivity index (χ4v) is 6.23. The molecule has 0 saturated heterocycles. The van der Waals surface area contributed by atoms with E-state index in [1.165, 1.54) is 48.1 Å². The van der Waals surface area contributed by atoms with Crippen molar-refractivity contribution in [3.63, 3.8) is 0 Å². The Kier molecular flexibility index (Phi) is 8.76. The van der Waals surface area contributed by atoms with Gasteiger partial charge in [0.2, 0.25) is 0 Å². The van der Waals surface area contributed by atoms with Crippen molar-refractivity contribution in [1.82, 2.24) is 0 Å². The average Bonchev–Trinajstić information content (AvgIpc) is 2.98. The van der Waals surface area contributed by atoms with Crippen molar-refractivity contribution in [2.75, 3.05) is 0 Å². The summed E-state index contributed by atoms with van der Waals surface area (Å²) in [5.41, 5.74) is 7.28. The summed E-state index contributed by atoms with van der Waals surface area (Å²) in [6.45, 7) is 4.75. The monoisotopic (exact) mass is 536 g/mol. The van der Waals surface area contributed by atoms with Crippen LogP contribution in [0.3, 0.4) is 0 Å². The van der Waals surface area contributed by atoms with Crippen molar-refractivity contribution in [2.45, 2.75) is 64.6 Å². The number of hydrogen-bond acceptors (Lipinski definition) is 2. The Morgan fingerprint density at radius 1 is 0.925 bits per heavy atom. The van der Waals surface area contributed by atoms with Crippen molar-refractivity contribution in [3.8, 4) is 22.3 Å². The number of halogens is 1. The van der Waals surface area contributed by atoms with Gasteiger partial charge in [-0.05, 0) is 95.5 Å². The van der Waals surface area contributed by atoms with Crippen LogP contribution in [0, 0.1) is 18.7 Å². The van der Waals surface area contributed by atoms with Gasteiger partial charge in [0.15, 0.2) is 0 Å². The van der Waals surface area contributed by atoms with Gasteiger partial charge in [-0.1, -0.05) is 92.2 Å². The molecule has 3 atom stereocenters. The molecule has 1 saturated carbocycles. The van der Waals surface area contributed by atoms with Gasteiger partial charge in [0.25, 0.3) is 0 Å². The molecular formula is C36H37FO3. The fraction of sp³-hybridized carbons (Fsp3) is 0.306. The molecule has 4 aromatic rings. The first kappa shape index (κ1) is 27.8. The number of carbonyl (C=O) groups is 1. The second-order valence-electron chi connectivity index (χ2n) is 11.0. The summed E-state index contributed by atoms with van der Waals surface area (Å²) in [5, 5.41) is 9.10.